The minimum absolute atomic E-state index is 0.109. The SMILES string of the molecule is Cc1nn(C)c(C)c1CN(C)C(=O)c1ccn(COc2cccc(Cl)c2Cl)n1. The first-order valence-electron chi connectivity index (χ1n) is 8.62. The summed E-state index contributed by atoms with van der Waals surface area (Å²) in [6.07, 6.45) is 1.68. The highest BCUT2D eigenvalue weighted by Crippen LogP contribution is 2.31. The Labute approximate surface area is 173 Å². The summed E-state index contributed by atoms with van der Waals surface area (Å²) in [6, 6.07) is 6.81. The summed E-state index contributed by atoms with van der Waals surface area (Å²) in [5, 5.41) is 9.44. The number of nitrogens with zero attached hydrogens (tertiary/aromatic N) is 5. The molecule has 2 aromatic heterocycles. The van der Waals surface area contributed by atoms with Crippen molar-refractivity contribution in [2.45, 2.75) is 27.1 Å². The van der Waals surface area contributed by atoms with Crippen LogP contribution in [0, 0.1) is 13.8 Å². The van der Waals surface area contributed by atoms with Crippen LogP contribution in [-0.4, -0.2) is 37.4 Å². The van der Waals surface area contributed by atoms with Crippen LogP contribution in [0.2, 0.25) is 10.0 Å². The van der Waals surface area contributed by atoms with Crippen molar-refractivity contribution in [2.24, 2.45) is 7.05 Å². The average molecular weight is 422 g/mol. The van der Waals surface area contributed by atoms with Gasteiger partial charge < -0.3 is 9.64 Å². The Morgan fingerprint density at radius 1 is 1.21 bits per heavy atom. The molecule has 2 heterocycles. The van der Waals surface area contributed by atoms with Crippen LogP contribution in [0.5, 0.6) is 5.75 Å². The Bertz CT molecular complexity index is 1010. The maximum Gasteiger partial charge on any atom is 0.274 e. The number of carbonyl (C=O) groups excluding carboxylic acids is 1. The largest absolute Gasteiger partial charge is 0.470 e. The molecule has 0 fully saturated rings. The molecule has 3 aromatic rings. The van der Waals surface area contributed by atoms with Crippen LogP contribution in [0.15, 0.2) is 30.5 Å². The number of aryl methyl sites for hydroxylation is 2. The summed E-state index contributed by atoms with van der Waals surface area (Å²) >= 11 is 12.1. The molecule has 3 rings (SSSR count). The van der Waals surface area contributed by atoms with E-state index in [4.69, 9.17) is 27.9 Å². The number of rotatable bonds is 6. The van der Waals surface area contributed by atoms with Gasteiger partial charge in [-0.05, 0) is 32.0 Å². The number of ether oxygens (including phenoxy) is 1. The lowest BCUT2D eigenvalue weighted by molar-refractivity contribution is 0.0776. The quantitative estimate of drug-likeness (QED) is 0.606. The molecule has 0 saturated heterocycles. The first kappa shape index (κ1) is 20.2. The molecule has 0 bridgehead atoms. The smallest absolute Gasteiger partial charge is 0.274 e. The van der Waals surface area contributed by atoms with Gasteiger partial charge in [0.15, 0.2) is 12.4 Å². The summed E-state index contributed by atoms with van der Waals surface area (Å²) in [7, 11) is 3.64. The van der Waals surface area contributed by atoms with Gasteiger partial charge in [-0.1, -0.05) is 29.3 Å². The monoisotopic (exact) mass is 421 g/mol. The number of carbonyl (C=O) groups is 1. The van der Waals surface area contributed by atoms with E-state index in [1.807, 2.05) is 25.6 Å². The third kappa shape index (κ3) is 4.15. The van der Waals surface area contributed by atoms with Gasteiger partial charge in [-0.3, -0.25) is 9.48 Å². The second-order valence-corrected chi connectivity index (χ2v) is 7.29. The van der Waals surface area contributed by atoms with Crippen molar-refractivity contribution >= 4 is 29.1 Å². The maximum atomic E-state index is 12.7. The highest BCUT2D eigenvalue weighted by molar-refractivity contribution is 6.42. The molecule has 0 radical (unpaired) electrons. The first-order valence-corrected chi connectivity index (χ1v) is 9.38. The molecule has 0 aliphatic carbocycles. The van der Waals surface area contributed by atoms with Gasteiger partial charge in [0, 0.05) is 38.1 Å². The summed E-state index contributed by atoms with van der Waals surface area (Å²) in [5.74, 6) is 0.277. The van der Waals surface area contributed by atoms with Crippen molar-refractivity contribution in [3.8, 4) is 5.75 Å². The fourth-order valence-corrected chi connectivity index (χ4v) is 3.18. The number of hydrogen-bond donors (Lipinski definition) is 0. The summed E-state index contributed by atoms with van der Waals surface area (Å²) < 4.78 is 8.98. The molecule has 0 aliphatic heterocycles. The van der Waals surface area contributed by atoms with E-state index in [1.54, 1.807) is 42.4 Å². The maximum absolute atomic E-state index is 12.7. The lowest BCUT2D eigenvalue weighted by atomic mass is 10.2. The lowest BCUT2D eigenvalue weighted by Gasteiger charge is -2.16. The van der Waals surface area contributed by atoms with Crippen molar-refractivity contribution in [2.75, 3.05) is 7.05 Å². The molecule has 0 N–H and O–H groups in total. The Balaban J connectivity index is 1.65. The number of halogens is 2. The van der Waals surface area contributed by atoms with Gasteiger partial charge >= 0.3 is 0 Å². The molecule has 148 valence electrons. The Morgan fingerprint density at radius 3 is 2.64 bits per heavy atom. The first-order chi connectivity index (χ1) is 13.3. The normalized spacial score (nSPS) is 10.9. The Kier molecular flexibility index (Phi) is 5.96. The zero-order chi connectivity index (χ0) is 20.4. The number of hydrogen-bond acceptors (Lipinski definition) is 4. The van der Waals surface area contributed by atoms with Gasteiger partial charge in [0.25, 0.3) is 5.91 Å². The second kappa shape index (κ2) is 8.24. The average Bonchev–Trinajstić information content (AvgIpc) is 3.22. The zero-order valence-corrected chi connectivity index (χ0v) is 17.6. The van der Waals surface area contributed by atoms with Crippen LogP contribution in [0.4, 0.5) is 0 Å². The van der Waals surface area contributed by atoms with Crippen LogP contribution >= 0.6 is 23.2 Å². The minimum Gasteiger partial charge on any atom is -0.470 e. The highest BCUT2D eigenvalue weighted by atomic mass is 35.5. The predicted molar refractivity (Wildman–Crippen MR) is 108 cm³/mol. The third-order valence-corrected chi connectivity index (χ3v) is 5.33. The van der Waals surface area contributed by atoms with Gasteiger partial charge in [-0.15, -0.1) is 0 Å². The molecular formula is C19H21Cl2N5O2. The van der Waals surface area contributed by atoms with Gasteiger partial charge in [0.1, 0.15) is 10.8 Å². The molecule has 9 heteroatoms. The van der Waals surface area contributed by atoms with E-state index in [9.17, 15) is 4.79 Å². The molecular weight excluding hydrogens is 401 g/mol. The molecule has 0 aliphatic rings. The van der Waals surface area contributed by atoms with Gasteiger partial charge in [0.05, 0.1) is 10.7 Å². The van der Waals surface area contributed by atoms with Crippen molar-refractivity contribution < 1.29 is 9.53 Å². The third-order valence-electron chi connectivity index (χ3n) is 4.53. The van der Waals surface area contributed by atoms with E-state index in [-0.39, 0.29) is 12.6 Å². The summed E-state index contributed by atoms with van der Waals surface area (Å²) in [4.78, 5) is 14.3. The van der Waals surface area contributed by atoms with E-state index < -0.39 is 0 Å². The molecule has 0 saturated carbocycles. The van der Waals surface area contributed by atoms with E-state index in [0.29, 0.717) is 28.0 Å². The topological polar surface area (TPSA) is 65.2 Å². The van der Waals surface area contributed by atoms with Crippen molar-refractivity contribution in [1.82, 2.24) is 24.5 Å². The van der Waals surface area contributed by atoms with Crippen molar-refractivity contribution in [1.29, 1.82) is 0 Å². The van der Waals surface area contributed by atoms with Crippen LogP contribution < -0.4 is 4.74 Å². The van der Waals surface area contributed by atoms with E-state index in [2.05, 4.69) is 10.2 Å². The molecule has 1 aromatic carbocycles. The minimum atomic E-state index is -0.179. The van der Waals surface area contributed by atoms with Crippen LogP contribution in [0.1, 0.15) is 27.4 Å². The Morgan fingerprint density at radius 2 is 1.96 bits per heavy atom. The molecule has 28 heavy (non-hydrogen) atoms. The fourth-order valence-electron chi connectivity index (χ4n) is 2.83. The molecule has 1 amide bonds. The fraction of sp³-hybridized carbons (Fsp3) is 0.316. The van der Waals surface area contributed by atoms with Crippen LogP contribution in [-0.2, 0) is 20.3 Å². The molecule has 0 atom stereocenters. The summed E-state index contributed by atoms with van der Waals surface area (Å²) in [5.41, 5.74) is 3.32. The van der Waals surface area contributed by atoms with E-state index in [1.165, 1.54) is 4.68 Å². The van der Waals surface area contributed by atoms with Gasteiger partial charge in [-0.25, -0.2) is 4.68 Å². The number of aromatic nitrogens is 4. The van der Waals surface area contributed by atoms with Crippen molar-refractivity contribution in [3.05, 3.63) is 63.2 Å². The van der Waals surface area contributed by atoms with Crippen LogP contribution in [0.25, 0.3) is 0 Å². The van der Waals surface area contributed by atoms with Crippen molar-refractivity contribution in [3.63, 3.8) is 0 Å². The van der Waals surface area contributed by atoms with Gasteiger partial charge in [0.2, 0.25) is 0 Å². The Hall–Kier alpha value is -2.51. The molecule has 0 spiro atoms. The molecule has 7 nitrogen and oxygen atoms in total. The van der Waals surface area contributed by atoms with Crippen LogP contribution in [0.3, 0.4) is 0 Å². The number of amides is 1. The van der Waals surface area contributed by atoms with E-state index >= 15 is 0 Å². The zero-order valence-electron chi connectivity index (χ0n) is 16.1. The lowest BCUT2D eigenvalue weighted by Crippen LogP contribution is -2.27. The summed E-state index contributed by atoms with van der Waals surface area (Å²) in [6.45, 7) is 4.50. The predicted octanol–water partition coefficient (Wildman–Crippen LogP) is 3.85. The number of benzene rings is 1. The standard InChI is InChI=1S/C19H21Cl2N5O2/c1-12-14(13(2)25(4)22-12)10-24(3)19(27)16-8-9-26(23-16)11-28-17-7-5-6-15(20)18(17)21/h5-9H,10-11H2,1-4H3. The van der Waals surface area contributed by atoms with E-state index in [0.717, 1.165) is 17.0 Å². The van der Waals surface area contributed by atoms with Gasteiger partial charge in [-0.2, -0.15) is 10.2 Å². The molecule has 0 unspecified atom stereocenters. The highest BCUT2D eigenvalue weighted by Gasteiger charge is 2.19. The second-order valence-electron chi connectivity index (χ2n) is 6.50.